The van der Waals surface area contributed by atoms with Crippen molar-refractivity contribution < 1.29 is 28.6 Å². The van der Waals surface area contributed by atoms with Crippen LogP contribution in [0.3, 0.4) is 0 Å². The van der Waals surface area contributed by atoms with Crippen molar-refractivity contribution in [3.8, 4) is 0 Å². The van der Waals surface area contributed by atoms with Crippen LogP contribution in [-0.4, -0.2) is 62.3 Å². The van der Waals surface area contributed by atoms with Crippen molar-refractivity contribution in [3.63, 3.8) is 0 Å². The molecule has 0 atom stereocenters. The lowest BCUT2D eigenvalue weighted by atomic mass is 10.2. The summed E-state index contributed by atoms with van der Waals surface area (Å²) < 4.78 is 14.9. The Kier molecular flexibility index (Phi) is 12.7. The van der Waals surface area contributed by atoms with Gasteiger partial charge in [-0.3, -0.25) is 20.3 Å². The van der Waals surface area contributed by atoms with Crippen LogP contribution in [0.25, 0.3) is 0 Å². The van der Waals surface area contributed by atoms with Gasteiger partial charge in [-0.2, -0.15) is 0 Å². The topological polar surface area (TPSA) is 118 Å². The highest BCUT2D eigenvalue weighted by atomic mass is 16.6. The maximum absolute atomic E-state index is 11.6. The first-order valence-corrected chi connectivity index (χ1v) is 8.83. The Morgan fingerprint density at radius 3 is 2.15 bits per heavy atom. The van der Waals surface area contributed by atoms with E-state index in [0.29, 0.717) is 19.4 Å². The normalized spacial score (nSPS) is 10.2. The van der Waals surface area contributed by atoms with Crippen LogP contribution in [0, 0.1) is 11.3 Å². The molecule has 0 spiro atoms. The van der Waals surface area contributed by atoms with Gasteiger partial charge in [-0.05, 0) is 19.3 Å². The average molecular weight is 373 g/mol. The summed E-state index contributed by atoms with van der Waals surface area (Å²) in [5.74, 6) is -1.14. The van der Waals surface area contributed by atoms with Crippen LogP contribution < -0.4 is 5.32 Å². The van der Waals surface area contributed by atoms with Gasteiger partial charge in [0.05, 0.1) is 25.7 Å². The van der Waals surface area contributed by atoms with Crippen molar-refractivity contribution in [3.05, 3.63) is 0 Å². The van der Waals surface area contributed by atoms with Gasteiger partial charge < -0.3 is 19.1 Å². The van der Waals surface area contributed by atoms with Crippen molar-refractivity contribution in [1.29, 1.82) is 5.41 Å². The summed E-state index contributed by atoms with van der Waals surface area (Å²) in [4.78, 5) is 35.6. The number of likely N-dealkylation sites (N-methyl/N-ethyl adjacent to an activating group) is 1. The van der Waals surface area contributed by atoms with Crippen LogP contribution in [0.5, 0.6) is 0 Å². The minimum absolute atomic E-state index is 0.135. The maximum Gasteiger partial charge on any atom is 0.413 e. The van der Waals surface area contributed by atoms with Crippen molar-refractivity contribution in [2.24, 2.45) is 5.92 Å². The monoisotopic (exact) mass is 373 g/mol. The van der Waals surface area contributed by atoms with Gasteiger partial charge in [-0.15, -0.1) is 0 Å². The smallest absolute Gasteiger partial charge is 0.413 e. The van der Waals surface area contributed by atoms with E-state index in [9.17, 15) is 14.4 Å². The van der Waals surface area contributed by atoms with Gasteiger partial charge in [-0.1, -0.05) is 27.2 Å². The number of esters is 2. The summed E-state index contributed by atoms with van der Waals surface area (Å²) in [6.07, 6.45) is 2.04. The number of alkyl carbamates (subject to hydrolysis) is 1. The zero-order chi connectivity index (χ0) is 19.9. The highest BCUT2D eigenvalue weighted by Gasteiger charge is 2.14. The highest BCUT2D eigenvalue weighted by Crippen LogP contribution is 1.99. The van der Waals surface area contributed by atoms with E-state index in [4.69, 9.17) is 19.6 Å². The number of unbranched alkanes of at least 4 members (excludes halogenated alkanes) is 2. The van der Waals surface area contributed by atoms with Crippen molar-refractivity contribution in [2.45, 2.75) is 46.5 Å². The largest absolute Gasteiger partial charge is 0.465 e. The van der Waals surface area contributed by atoms with E-state index in [0.717, 1.165) is 12.8 Å². The molecule has 0 aliphatic rings. The number of guanidine groups is 1. The molecule has 0 aliphatic heterocycles. The summed E-state index contributed by atoms with van der Waals surface area (Å²) in [5.41, 5.74) is 0. The molecule has 0 heterocycles. The number of nitrogens with one attached hydrogen (secondary N) is 2. The van der Waals surface area contributed by atoms with Gasteiger partial charge >= 0.3 is 18.0 Å². The van der Waals surface area contributed by atoms with E-state index < -0.39 is 12.1 Å². The first-order valence-electron chi connectivity index (χ1n) is 8.83. The fraction of sp³-hybridized carbons (Fsp3) is 0.765. The molecule has 0 aromatic rings. The molecular weight excluding hydrogens is 342 g/mol. The molecule has 0 aromatic heterocycles. The number of hydrogen-bond acceptors (Lipinski definition) is 7. The molecule has 0 aromatic carbocycles. The molecule has 0 aliphatic carbocycles. The zero-order valence-electron chi connectivity index (χ0n) is 16.1. The molecule has 0 saturated carbocycles. The minimum atomic E-state index is -0.777. The van der Waals surface area contributed by atoms with E-state index >= 15 is 0 Å². The molecule has 0 unspecified atom stereocenters. The molecule has 150 valence electrons. The third-order valence-corrected chi connectivity index (χ3v) is 3.22. The summed E-state index contributed by atoms with van der Waals surface area (Å²) >= 11 is 0. The van der Waals surface area contributed by atoms with Crippen LogP contribution in [0.15, 0.2) is 0 Å². The van der Waals surface area contributed by atoms with Crippen molar-refractivity contribution >= 4 is 24.0 Å². The molecule has 1 amide bonds. The standard InChI is InChI=1S/C17H31N3O6/c1-5-6-9-24-14(21)12-20(4)16(18)19-17(23)26-11-8-7-10-25-15(22)13(2)3/h13H,5-12H2,1-4H3,(H2,18,19,23). The van der Waals surface area contributed by atoms with Gasteiger partial charge in [0.2, 0.25) is 5.96 Å². The molecule has 0 fully saturated rings. The van der Waals surface area contributed by atoms with Gasteiger partial charge in [0.15, 0.2) is 0 Å². The lowest BCUT2D eigenvalue weighted by Crippen LogP contribution is -2.44. The van der Waals surface area contributed by atoms with E-state index in [-0.39, 0.29) is 37.6 Å². The second kappa shape index (κ2) is 13.9. The third kappa shape index (κ3) is 12.1. The Hall–Kier alpha value is -2.32. The van der Waals surface area contributed by atoms with Crippen LogP contribution in [-0.2, 0) is 23.8 Å². The van der Waals surface area contributed by atoms with Crippen LogP contribution in [0.4, 0.5) is 4.79 Å². The lowest BCUT2D eigenvalue weighted by molar-refractivity contribution is -0.147. The fourth-order valence-electron chi connectivity index (χ4n) is 1.59. The predicted molar refractivity (Wildman–Crippen MR) is 95.7 cm³/mol. The van der Waals surface area contributed by atoms with E-state index in [1.165, 1.54) is 11.9 Å². The molecule has 9 nitrogen and oxygen atoms in total. The number of hydrogen-bond donors (Lipinski definition) is 2. The van der Waals surface area contributed by atoms with Crippen molar-refractivity contribution in [2.75, 3.05) is 33.4 Å². The Morgan fingerprint density at radius 2 is 1.58 bits per heavy atom. The Morgan fingerprint density at radius 1 is 1.00 bits per heavy atom. The number of carbonyl (C=O) groups excluding carboxylic acids is 3. The summed E-state index contributed by atoms with van der Waals surface area (Å²) in [6.45, 7) is 6.13. The van der Waals surface area contributed by atoms with Gasteiger partial charge in [0.1, 0.15) is 6.54 Å². The molecule has 2 N–H and O–H groups in total. The van der Waals surface area contributed by atoms with Crippen LogP contribution >= 0.6 is 0 Å². The third-order valence-electron chi connectivity index (χ3n) is 3.22. The summed E-state index contributed by atoms with van der Waals surface area (Å²) in [6, 6.07) is 0. The maximum atomic E-state index is 11.6. The van der Waals surface area contributed by atoms with Crippen LogP contribution in [0.1, 0.15) is 46.5 Å². The van der Waals surface area contributed by atoms with Gasteiger partial charge in [0, 0.05) is 7.05 Å². The Bertz CT molecular complexity index is 467. The lowest BCUT2D eigenvalue weighted by Gasteiger charge is -2.19. The minimum Gasteiger partial charge on any atom is -0.465 e. The molecular formula is C17H31N3O6. The predicted octanol–water partition coefficient (Wildman–Crippen LogP) is 1.90. The molecule has 26 heavy (non-hydrogen) atoms. The number of amides is 1. The fourth-order valence-corrected chi connectivity index (χ4v) is 1.59. The summed E-state index contributed by atoms with van der Waals surface area (Å²) in [5, 5.41) is 9.95. The quantitative estimate of drug-likeness (QED) is 0.187. The molecule has 0 rings (SSSR count). The Labute approximate surface area is 154 Å². The molecule has 0 saturated heterocycles. The molecule has 0 bridgehead atoms. The SMILES string of the molecule is CCCCOC(=O)CN(C)C(=N)NC(=O)OCCCCOC(=O)C(C)C. The van der Waals surface area contributed by atoms with Gasteiger partial charge in [-0.25, -0.2) is 4.79 Å². The number of ether oxygens (including phenoxy) is 3. The van der Waals surface area contributed by atoms with E-state index in [1.807, 2.05) is 6.92 Å². The number of carbonyl (C=O) groups is 3. The molecule has 9 heteroatoms. The Balaban J connectivity index is 3.82. The van der Waals surface area contributed by atoms with Crippen LogP contribution in [0.2, 0.25) is 0 Å². The van der Waals surface area contributed by atoms with E-state index in [2.05, 4.69) is 5.32 Å². The summed E-state index contributed by atoms with van der Waals surface area (Å²) in [7, 11) is 1.49. The number of nitrogens with zero attached hydrogens (tertiary/aromatic N) is 1. The first-order chi connectivity index (χ1) is 12.3. The second-order valence-corrected chi connectivity index (χ2v) is 6.07. The molecule has 0 radical (unpaired) electrons. The second-order valence-electron chi connectivity index (χ2n) is 6.07. The van der Waals surface area contributed by atoms with Crippen molar-refractivity contribution in [1.82, 2.24) is 10.2 Å². The average Bonchev–Trinajstić information content (AvgIpc) is 2.57. The zero-order valence-corrected chi connectivity index (χ0v) is 16.1. The first kappa shape index (κ1) is 23.7. The highest BCUT2D eigenvalue weighted by molar-refractivity contribution is 5.93. The van der Waals surface area contributed by atoms with E-state index in [1.54, 1.807) is 13.8 Å². The van der Waals surface area contributed by atoms with Gasteiger partial charge in [0.25, 0.3) is 0 Å². The number of rotatable bonds is 11.